The Morgan fingerprint density at radius 1 is 1.47 bits per heavy atom. The van der Waals surface area contributed by atoms with Crippen molar-refractivity contribution in [1.82, 2.24) is 15.2 Å². The van der Waals surface area contributed by atoms with E-state index < -0.39 is 0 Å². The Kier molecular flexibility index (Phi) is 4.51. The second-order valence-electron chi connectivity index (χ2n) is 5.01. The van der Waals surface area contributed by atoms with Gasteiger partial charge in [-0.1, -0.05) is 12.5 Å². The summed E-state index contributed by atoms with van der Waals surface area (Å²) in [6, 6.07) is 7.13. The molecule has 0 saturated carbocycles. The summed E-state index contributed by atoms with van der Waals surface area (Å²) < 4.78 is 0. The van der Waals surface area contributed by atoms with Crippen molar-refractivity contribution in [3.8, 4) is 0 Å². The maximum Gasteiger partial charge on any atom is 0.0570 e. The number of nitrogens with zero attached hydrogens (tertiary/aromatic N) is 2. The van der Waals surface area contributed by atoms with E-state index in [1.54, 1.807) is 0 Å². The third kappa shape index (κ3) is 3.51. The molecule has 17 heavy (non-hydrogen) atoms. The normalized spacial score (nSPS) is 23.5. The lowest BCUT2D eigenvalue weighted by atomic mass is 10.0. The van der Waals surface area contributed by atoms with Crippen LogP contribution in [0.25, 0.3) is 0 Å². The van der Waals surface area contributed by atoms with Gasteiger partial charge in [0.2, 0.25) is 0 Å². The fourth-order valence-corrected chi connectivity index (χ4v) is 2.45. The number of likely N-dealkylation sites (N-methyl/N-ethyl adjacent to an activating group) is 1. The summed E-state index contributed by atoms with van der Waals surface area (Å²) in [5, 5.41) is 3.59. The lowest BCUT2D eigenvalue weighted by Gasteiger charge is -2.33. The zero-order chi connectivity index (χ0) is 12.1. The van der Waals surface area contributed by atoms with Crippen molar-refractivity contribution < 1.29 is 0 Å². The summed E-state index contributed by atoms with van der Waals surface area (Å²) in [5.74, 6) is 0. The largest absolute Gasteiger partial charge is 0.307 e. The summed E-state index contributed by atoms with van der Waals surface area (Å²) in [5.41, 5.74) is 1.13. The number of rotatable bonds is 4. The molecule has 0 amide bonds. The highest BCUT2D eigenvalue weighted by Crippen LogP contribution is 2.15. The van der Waals surface area contributed by atoms with Gasteiger partial charge in [-0.2, -0.15) is 0 Å². The number of piperidine rings is 1. The Balaban J connectivity index is 1.81. The zero-order valence-electron chi connectivity index (χ0n) is 10.9. The topological polar surface area (TPSA) is 28.2 Å². The number of hydrogen-bond donors (Lipinski definition) is 1. The van der Waals surface area contributed by atoms with Crippen molar-refractivity contribution in [2.75, 3.05) is 20.1 Å². The minimum absolute atomic E-state index is 0.339. The first-order chi connectivity index (χ1) is 8.27. The average molecular weight is 233 g/mol. The van der Waals surface area contributed by atoms with Crippen LogP contribution in [0, 0.1) is 0 Å². The molecular formula is C14H23N3. The number of nitrogens with one attached hydrogen (secondary N) is 1. The Labute approximate surface area is 104 Å². The standard InChI is InChI=1S/C14H23N3/c1-12(14-8-3-5-9-15-14)16-11-13-7-4-6-10-17(13)2/h3,5,8-9,12-13,16H,4,6-7,10-11H2,1-2H3/t12-,13?/m1/s1. The van der Waals surface area contributed by atoms with Gasteiger partial charge in [0.1, 0.15) is 0 Å². The quantitative estimate of drug-likeness (QED) is 0.864. The maximum absolute atomic E-state index is 4.39. The van der Waals surface area contributed by atoms with Gasteiger partial charge in [-0.3, -0.25) is 4.98 Å². The molecular weight excluding hydrogens is 210 g/mol. The minimum atomic E-state index is 0.339. The van der Waals surface area contributed by atoms with Crippen LogP contribution in [-0.2, 0) is 0 Å². The monoisotopic (exact) mass is 233 g/mol. The van der Waals surface area contributed by atoms with Gasteiger partial charge in [0.15, 0.2) is 0 Å². The summed E-state index contributed by atoms with van der Waals surface area (Å²) >= 11 is 0. The predicted molar refractivity (Wildman–Crippen MR) is 70.9 cm³/mol. The van der Waals surface area contributed by atoms with Crippen LogP contribution in [0.2, 0.25) is 0 Å². The lowest BCUT2D eigenvalue weighted by Crippen LogP contribution is -2.43. The number of pyridine rings is 1. The molecule has 3 heteroatoms. The molecule has 1 aromatic rings. The van der Waals surface area contributed by atoms with Crippen molar-refractivity contribution in [2.24, 2.45) is 0 Å². The highest BCUT2D eigenvalue weighted by Gasteiger charge is 2.19. The molecule has 2 rings (SSSR count). The van der Waals surface area contributed by atoms with Crippen molar-refractivity contribution in [3.05, 3.63) is 30.1 Å². The van der Waals surface area contributed by atoms with Gasteiger partial charge in [0.05, 0.1) is 5.69 Å². The molecule has 1 aliphatic heterocycles. The van der Waals surface area contributed by atoms with E-state index in [1.807, 2.05) is 18.3 Å². The van der Waals surface area contributed by atoms with Gasteiger partial charge < -0.3 is 10.2 Å². The van der Waals surface area contributed by atoms with Gasteiger partial charge in [0.25, 0.3) is 0 Å². The van der Waals surface area contributed by atoms with E-state index in [9.17, 15) is 0 Å². The number of aromatic nitrogens is 1. The predicted octanol–water partition coefficient (Wildman–Crippen LogP) is 2.22. The van der Waals surface area contributed by atoms with E-state index in [0.29, 0.717) is 12.1 Å². The number of hydrogen-bond acceptors (Lipinski definition) is 3. The van der Waals surface area contributed by atoms with Crippen molar-refractivity contribution in [1.29, 1.82) is 0 Å². The molecule has 0 radical (unpaired) electrons. The first kappa shape index (κ1) is 12.5. The van der Waals surface area contributed by atoms with Crippen LogP contribution in [0.5, 0.6) is 0 Å². The molecule has 1 unspecified atom stereocenters. The Morgan fingerprint density at radius 2 is 2.35 bits per heavy atom. The molecule has 0 spiro atoms. The van der Waals surface area contributed by atoms with Crippen molar-refractivity contribution >= 4 is 0 Å². The SMILES string of the molecule is C[C@@H](NCC1CCCCN1C)c1ccccn1. The van der Waals surface area contributed by atoms with Crippen molar-refractivity contribution in [2.45, 2.75) is 38.3 Å². The van der Waals surface area contributed by atoms with Crippen LogP contribution in [0.4, 0.5) is 0 Å². The van der Waals surface area contributed by atoms with E-state index in [1.165, 1.54) is 25.8 Å². The molecule has 2 atom stereocenters. The van der Waals surface area contributed by atoms with E-state index in [0.717, 1.165) is 12.2 Å². The van der Waals surface area contributed by atoms with Gasteiger partial charge in [-0.05, 0) is 45.5 Å². The van der Waals surface area contributed by atoms with E-state index in [2.05, 4.69) is 35.2 Å². The van der Waals surface area contributed by atoms with Gasteiger partial charge in [-0.25, -0.2) is 0 Å². The van der Waals surface area contributed by atoms with Crippen LogP contribution >= 0.6 is 0 Å². The smallest absolute Gasteiger partial charge is 0.0570 e. The maximum atomic E-state index is 4.39. The summed E-state index contributed by atoms with van der Waals surface area (Å²) in [6.45, 7) is 4.49. The Morgan fingerprint density at radius 3 is 3.06 bits per heavy atom. The van der Waals surface area contributed by atoms with Gasteiger partial charge in [0, 0.05) is 24.8 Å². The van der Waals surface area contributed by atoms with Gasteiger partial charge in [-0.15, -0.1) is 0 Å². The molecule has 94 valence electrons. The van der Waals surface area contributed by atoms with E-state index in [-0.39, 0.29) is 0 Å². The van der Waals surface area contributed by atoms with Crippen LogP contribution in [0.15, 0.2) is 24.4 Å². The molecule has 3 nitrogen and oxygen atoms in total. The van der Waals surface area contributed by atoms with E-state index >= 15 is 0 Å². The molecule has 0 aliphatic carbocycles. The second kappa shape index (κ2) is 6.12. The molecule has 1 saturated heterocycles. The summed E-state index contributed by atoms with van der Waals surface area (Å²) in [4.78, 5) is 6.86. The average Bonchev–Trinajstić information content (AvgIpc) is 2.38. The third-order valence-corrected chi connectivity index (χ3v) is 3.71. The Bertz CT molecular complexity index is 325. The van der Waals surface area contributed by atoms with Crippen LogP contribution < -0.4 is 5.32 Å². The van der Waals surface area contributed by atoms with E-state index in [4.69, 9.17) is 0 Å². The molecule has 0 aromatic carbocycles. The van der Waals surface area contributed by atoms with Crippen LogP contribution in [0.1, 0.15) is 37.9 Å². The summed E-state index contributed by atoms with van der Waals surface area (Å²) in [6.07, 6.45) is 5.90. The highest BCUT2D eigenvalue weighted by molar-refractivity contribution is 5.07. The minimum Gasteiger partial charge on any atom is -0.307 e. The first-order valence-corrected chi connectivity index (χ1v) is 6.62. The first-order valence-electron chi connectivity index (χ1n) is 6.62. The zero-order valence-corrected chi connectivity index (χ0v) is 10.9. The molecule has 0 bridgehead atoms. The fraction of sp³-hybridized carbons (Fsp3) is 0.643. The van der Waals surface area contributed by atoms with Crippen molar-refractivity contribution in [3.63, 3.8) is 0 Å². The Hall–Kier alpha value is -0.930. The number of likely N-dealkylation sites (tertiary alicyclic amines) is 1. The molecule has 1 aromatic heterocycles. The second-order valence-corrected chi connectivity index (χ2v) is 5.01. The third-order valence-electron chi connectivity index (χ3n) is 3.71. The molecule has 1 fully saturated rings. The molecule has 1 aliphatic rings. The highest BCUT2D eigenvalue weighted by atomic mass is 15.2. The molecule has 1 N–H and O–H groups in total. The lowest BCUT2D eigenvalue weighted by molar-refractivity contribution is 0.178. The molecule has 2 heterocycles. The van der Waals surface area contributed by atoms with Crippen LogP contribution in [0.3, 0.4) is 0 Å². The summed E-state index contributed by atoms with van der Waals surface area (Å²) in [7, 11) is 2.23. The fourth-order valence-electron chi connectivity index (χ4n) is 2.45. The van der Waals surface area contributed by atoms with Gasteiger partial charge >= 0.3 is 0 Å². The van der Waals surface area contributed by atoms with Crippen LogP contribution in [-0.4, -0.2) is 36.1 Å².